The normalized spacial score (nSPS) is 17.8. The average molecular weight is 283 g/mol. The van der Waals surface area contributed by atoms with Crippen molar-refractivity contribution < 1.29 is 14.3 Å². The van der Waals surface area contributed by atoms with Gasteiger partial charge in [-0.1, -0.05) is 25.2 Å². The van der Waals surface area contributed by atoms with Crippen molar-refractivity contribution in [3.63, 3.8) is 0 Å². The minimum Gasteiger partial charge on any atom is -0.444 e. The smallest absolute Gasteiger partial charge is 0.410 e. The van der Waals surface area contributed by atoms with Crippen LogP contribution in [0.25, 0.3) is 0 Å². The largest absolute Gasteiger partial charge is 0.444 e. The molecule has 0 unspecified atom stereocenters. The number of carbonyl (C=O) groups is 2. The van der Waals surface area contributed by atoms with Gasteiger partial charge in [-0.3, -0.25) is 9.69 Å². The lowest BCUT2D eigenvalue weighted by atomic mass is 10.1. The van der Waals surface area contributed by atoms with Crippen molar-refractivity contribution in [1.82, 2.24) is 4.90 Å². The van der Waals surface area contributed by atoms with Crippen molar-refractivity contribution in [2.75, 3.05) is 13.1 Å². The molecule has 0 bridgehead atoms. The number of ketones is 1. The first kappa shape index (κ1) is 16.0. The summed E-state index contributed by atoms with van der Waals surface area (Å²) >= 11 is 0. The lowest BCUT2D eigenvalue weighted by Gasteiger charge is -2.34. The molecule has 108 valence electrons. The van der Waals surface area contributed by atoms with Crippen molar-refractivity contribution in [3.05, 3.63) is 10.8 Å². The Bertz CT molecular complexity index is 427. The van der Waals surface area contributed by atoms with Crippen LogP contribution >= 0.6 is 0 Å². The predicted molar refractivity (Wildman–Crippen MR) is 78.9 cm³/mol. The topological polar surface area (TPSA) is 46.6 Å². The number of amides is 1. The average Bonchev–Trinajstić information content (AvgIpc) is 2.10. The van der Waals surface area contributed by atoms with Crippen LogP contribution in [-0.4, -0.2) is 43.5 Å². The predicted octanol–water partition coefficient (Wildman–Crippen LogP) is 3.00. The molecule has 0 spiro atoms. The molecule has 0 aliphatic carbocycles. The zero-order valence-electron chi connectivity index (χ0n) is 13.1. The minimum atomic E-state index is -1.64. The van der Waals surface area contributed by atoms with Gasteiger partial charge >= 0.3 is 6.09 Å². The molecule has 1 heterocycles. The van der Waals surface area contributed by atoms with E-state index in [4.69, 9.17) is 4.74 Å². The molecule has 1 aliphatic rings. The van der Waals surface area contributed by atoms with E-state index in [0.717, 1.165) is 10.8 Å². The number of nitrogens with zero attached hydrogens (tertiary/aromatic N) is 1. The molecule has 1 amide bonds. The molecule has 0 fully saturated rings. The monoisotopic (exact) mass is 283 g/mol. The van der Waals surface area contributed by atoms with E-state index in [1.807, 2.05) is 27.7 Å². The lowest BCUT2D eigenvalue weighted by molar-refractivity contribution is -0.116. The fraction of sp³-hybridized carbons (Fsp3) is 0.714. The zero-order chi connectivity index (χ0) is 15.0. The van der Waals surface area contributed by atoms with Gasteiger partial charge in [0.2, 0.25) is 0 Å². The third kappa shape index (κ3) is 4.20. The Hall–Kier alpha value is -1.10. The van der Waals surface area contributed by atoms with Crippen molar-refractivity contribution in [1.29, 1.82) is 0 Å². The van der Waals surface area contributed by atoms with Crippen LogP contribution in [0.5, 0.6) is 0 Å². The highest BCUT2D eigenvalue weighted by Crippen LogP contribution is 2.25. The van der Waals surface area contributed by atoms with Crippen LogP contribution in [0.2, 0.25) is 19.6 Å². The van der Waals surface area contributed by atoms with Gasteiger partial charge in [0.1, 0.15) is 5.60 Å². The zero-order valence-corrected chi connectivity index (χ0v) is 14.1. The maximum Gasteiger partial charge on any atom is 0.410 e. The van der Waals surface area contributed by atoms with Crippen molar-refractivity contribution >= 4 is 20.0 Å². The number of carbonyl (C=O) groups excluding carboxylic acids is 2. The maximum atomic E-state index is 12.3. The SMILES string of the molecule is CC1=C([Si](C)(C)C)C(=O)CN(C(=O)OC(C)(C)C)C1. The molecule has 0 aromatic rings. The van der Waals surface area contributed by atoms with E-state index in [-0.39, 0.29) is 12.3 Å². The number of rotatable bonds is 1. The second-order valence-corrected chi connectivity index (χ2v) is 12.2. The van der Waals surface area contributed by atoms with Gasteiger partial charge in [0, 0.05) is 6.54 Å². The Morgan fingerprint density at radius 1 is 1.21 bits per heavy atom. The van der Waals surface area contributed by atoms with Gasteiger partial charge in [0.25, 0.3) is 0 Å². The molecule has 19 heavy (non-hydrogen) atoms. The summed E-state index contributed by atoms with van der Waals surface area (Å²) in [6.07, 6.45) is -0.408. The number of Topliss-reactive ketones (excluding diaryl/α,β-unsaturated/α-hetero) is 1. The molecule has 0 N–H and O–H groups in total. The van der Waals surface area contributed by atoms with E-state index in [0.29, 0.717) is 6.54 Å². The third-order valence-electron chi connectivity index (χ3n) is 2.87. The first-order valence-electron chi connectivity index (χ1n) is 6.63. The summed E-state index contributed by atoms with van der Waals surface area (Å²) in [5.74, 6) is 0.0776. The summed E-state index contributed by atoms with van der Waals surface area (Å²) in [7, 11) is -1.64. The van der Waals surface area contributed by atoms with E-state index in [9.17, 15) is 9.59 Å². The fourth-order valence-corrected chi connectivity index (χ4v) is 4.70. The molecule has 1 rings (SSSR count). The first-order chi connectivity index (χ1) is 8.42. The van der Waals surface area contributed by atoms with Crippen LogP contribution in [0.15, 0.2) is 10.8 Å². The van der Waals surface area contributed by atoms with Crippen LogP contribution in [0, 0.1) is 0 Å². The van der Waals surface area contributed by atoms with Crippen LogP contribution < -0.4 is 0 Å². The van der Waals surface area contributed by atoms with Crippen molar-refractivity contribution in [2.24, 2.45) is 0 Å². The van der Waals surface area contributed by atoms with Gasteiger partial charge < -0.3 is 4.74 Å². The molecule has 0 aromatic heterocycles. The first-order valence-corrected chi connectivity index (χ1v) is 10.1. The second kappa shape index (κ2) is 5.11. The molecule has 0 radical (unpaired) electrons. The maximum absolute atomic E-state index is 12.3. The Morgan fingerprint density at radius 2 is 1.74 bits per heavy atom. The molecule has 5 heteroatoms. The Balaban J connectivity index is 2.90. The van der Waals surface area contributed by atoms with E-state index in [2.05, 4.69) is 19.6 Å². The third-order valence-corrected chi connectivity index (χ3v) is 5.08. The summed E-state index contributed by atoms with van der Waals surface area (Å²) in [5, 5.41) is 0.979. The summed E-state index contributed by atoms with van der Waals surface area (Å²) in [6, 6.07) is 0. The Labute approximate surface area is 116 Å². The van der Waals surface area contributed by atoms with Crippen molar-refractivity contribution in [3.8, 4) is 0 Å². The molecule has 0 saturated carbocycles. The molecular weight excluding hydrogens is 258 g/mol. The van der Waals surface area contributed by atoms with Crippen LogP contribution in [0.1, 0.15) is 27.7 Å². The van der Waals surface area contributed by atoms with E-state index >= 15 is 0 Å². The Kier molecular flexibility index (Phi) is 4.29. The van der Waals surface area contributed by atoms with Gasteiger partial charge in [-0.05, 0) is 32.9 Å². The number of ether oxygens (including phenoxy) is 1. The van der Waals surface area contributed by atoms with Crippen LogP contribution in [-0.2, 0) is 9.53 Å². The van der Waals surface area contributed by atoms with Gasteiger partial charge in [-0.2, -0.15) is 0 Å². The highest BCUT2D eigenvalue weighted by Gasteiger charge is 2.35. The van der Waals surface area contributed by atoms with Gasteiger partial charge in [0.05, 0.1) is 14.6 Å². The van der Waals surface area contributed by atoms with Crippen LogP contribution in [0.4, 0.5) is 4.79 Å². The minimum absolute atomic E-state index is 0.0776. The Morgan fingerprint density at radius 3 is 2.11 bits per heavy atom. The van der Waals surface area contributed by atoms with E-state index in [1.54, 1.807) is 0 Å². The number of hydrogen-bond donors (Lipinski definition) is 0. The number of hydrogen-bond acceptors (Lipinski definition) is 3. The van der Waals surface area contributed by atoms with Gasteiger partial charge in [-0.15, -0.1) is 0 Å². The fourth-order valence-electron chi connectivity index (χ4n) is 2.43. The van der Waals surface area contributed by atoms with Crippen molar-refractivity contribution in [2.45, 2.75) is 52.9 Å². The molecule has 0 aromatic carbocycles. The summed E-state index contributed by atoms with van der Waals surface area (Å²) in [6.45, 7) is 14.5. The van der Waals surface area contributed by atoms with E-state index < -0.39 is 19.8 Å². The standard InChI is InChI=1S/C14H25NO3Si/c1-10-8-15(13(17)18-14(2,3)4)9-11(16)12(10)19(5,6)7/h8-9H2,1-7H3. The molecule has 1 aliphatic heterocycles. The van der Waals surface area contributed by atoms with Crippen LogP contribution in [0.3, 0.4) is 0 Å². The van der Waals surface area contributed by atoms with E-state index in [1.165, 1.54) is 4.90 Å². The second-order valence-electron chi connectivity index (χ2n) is 7.16. The quantitative estimate of drug-likeness (QED) is 0.695. The molecule has 4 nitrogen and oxygen atoms in total. The summed E-state index contributed by atoms with van der Waals surface area (Å²) < 4.78 is 5.32. The lowest BCUT2D eigenvalue weighted by Crippen LogP contribution is -2.47. The highest BCUT2D eigenvalue weighted by atomic mass is 28.3. The van der Waals surface area contributed by atoms with Gasteiger partial charge in [-0.25, -0.2) is 4.79 Å². The van der Waals surface area contributed by atoms with Gasteiger partial charge in [0.15, 0.2) is 5.78 Å². The molecule has 0 saturated heterocycles. The highest BCUT2D eigenvalue weighted by molar-refractivity contribution is 6.87. The molecule has 0 atom stereocenters. The molecular formula is C14H25NO3Si. The summed E-state index contributed by atoms with van der Waals surface area (Å²) in [4.78, 5) is 25.8. The summed E-state index contributed by atoms with van der Waals surface area (Å²) in [5.41, 5.74) is 0.484.